The molecule has 1 heterocycles. The maximum Gasteiger partial charge on any atom is 0.0494 e. The summed E-state index contributed by atoms with van der Waals surface area (Å²) in [7, 11) is 1.98. The van der Waals surface area contributed by atoms with Crippen molar-refractivity contribution in [2.24, 2.45) is 11.7 Å². The highest BCUT2D eigenvalue weighted by Gasteiger charge is 2.16. The van der Waals surface area contributed by atoms with Gasteiger partial charge in [0.1, 0.15) is 0 Å². The summed E-state index contributed by atoms with van der Waals surface area (Å²) < 4.78 is 5.53. The zero-order chi connectivity index (χ0) is 9.52. The van der Waals surface area contributed by atoms with E-state index in [0.29, 0.717) is 12.0 Å². The van der Waals surface area contributed by atoms with Crippen molar-refractivity contribution < 1.29 is 4.74 Å². The quantitative estimate of drug-likeness (QED) is 0.681. The SMILES string of the molecule is CNC(CN)CC1CCCCOC1. The Morgan fingerprint density at radius 3 is 3.08 bits per heavy atom. The van der Waals surface area contributed by atoms with Crippen molar-refractivity contribution in [2.45, 2.75) is 31.7 Å². The predicted octanol–water partition coefficient (Wildman–Crippen LogP) is 0.740. The Bertz CT molecular complexity index is 118. The molecule has 0 bridgehead atoms. The normalized spacial score (nSPS) is 26.8. The van der Waals surface area contributed by atoms with E-state index in [9.17, 15) is 0 Å². The number of ether oxygens (including phenoxy) is 1. The van der Waals surface area contributed by atoms with Gasteiger partial charge in [0.15, 0.2) is 0 Å². The van der Waals surface area contributed by atoms with E-state index in [1.807, 2.05) is 7.05 Å². The van der Waals surface area contributed by atoms with Crippen LogP contribution in [0.3, 0.4) is 0 Å². The number of hydrogen-bond donors (Lipinski definition) is 2. The maximum absolute atomic E-state index is 5.64. The Labute approximate surface area is 81.0 Å². The van der Waals surface area contributed by atoms with Crippen molar-refractivity contribution >= 4 is 0 Å². The molecule has 2 unspecified atom stereocenters. The fraction of sp³-hybridized carbons (Fsp3) is 1.00. The molecule has 1 rings (SSSR count). The summed E-state index contributed by atoms with van der Waals surface area (Å²) in [5.74, 6) is 0.712. The Morgan fingerprint density at radius 1 is 1.54 bits per heavy atom. The van der Waals surface area contributed by atoms with E-state index in [1.54, 1.807) is 0 Å². The van der Waals surface area contributed by atoms with Gasteiger partial charge in [-0.15, -0.1) is 0 Å². The van der Waals surface area contributed by atoms with Crippen LogP contribution in [-0.4, -0.2) is 32.8 Å². The first-order valence-electron chi connectivity index (χ1n) is 5.32. The van der Waals surface area contributed by atoms with Gasteiger partial charge in [-0.25, -0.2) is 0 Å². The third-order valence-electron chi connectivity index (χ3n) is 2.82. The third-order valence-corrected chi connectivity index (χ3v) is 2.82. The zero-order valence-electron chi connectivity index (χ0n) is 8.59. The molecule has 0 aromatic carbocycles. The van der Waals surface area contributed by atoms with Gasteiger partial charge in [0.2, 0.25) is 0 Å². The molecule has 0 spiro atoms. The summed E-state index contributed by atoms with van der Waals surface area (Å²) >= 11 is 0. The van der Waals surface area contributed by atoms with Crippen LogP contribution in [0, 0.1) is 5.92 Å². The minimum Gasteiger partial charge on any atom is -0.381 e. The molecule has 3 N–H and O–H groups in total. The maximum atomic E-state index is 5.64. The molecule has 13 heavy (non-hydrogen) atoms. The van der Waals surface area contributed by atoms with E-state index in [2.05, 4.69) is 5.32 Å². The van der Waals surface area contributed by atoms with Crippen LogP contribution in [-0.2, 0) is 4.74 Å². The number of nitrogens with two attached hydrogens (primary N) is 1. The molecule has 1 fully saturated rings. The van der Waals surface area contributed by atoms with E-state index < -0.39 is 0 Å². The highest BCUT2D eigenvalue weighted by molar-refractivity contribution is 4.72. The Balaban J connectivity index is 2.24. The molecule has 0 aromatic heterocycles. The molecular formula is C10H22N2O. The largest absolute Gasteiger partial charge is 0.381 e. The molecule has 0 aliphatic carbocycles. The smallest absolute Gasteiger partial charge is 0.0494 e. The van der Waals surface area contributed by atoms with Gasteiger partial charge in [0.25, 0.3) is 0 Å². The number of nitrogens with one attached hydrogen (secondary N) is 1. The van der Waals surface area contributed by atoms with Crippen LogP contribution in [0.2, 0.25) is 0 Å². The van der Waals surface area contributed by atoms with E-state index in [4.69, 9.17) is 10.5 Å². The van der Waals surface area contributed by atoms with Gasteiger partial charge in [-0.05, 0) is 32.2 Å². The minimum absolute atomic E-state index is 0.465. The summed E-state index contributed by atoms with van der Waals surface area (Å²) in [4.78, 5) is 0. The highest BCUT2D eigenvalue weighted by atomic mass is 16.5. The molecule has 1 aliphatic rings. The van der Waals surface area contributed by atoms with Crippen LogP contribution >= 0.6 is 0 Å². The molecule has 1 aliphatic heterocycles. The van der Waals surface area contributed by atoms with Crippen molar-refractivity contribution in [2.75, 3.05) is 26.8 Å². The van der Waals surface area contributed by atoms with E-state index >= 15 is 0 Å². The second-order valence-corrected chi connectivity index (χ2v) is 3.89. The van der Waals surface area contributed by atoms with Crippen molar-refractivity contribution in [1.82, 2.24) is 5.32 Å². The van der Waals surface area contributed by atoms with E-state index in [0.717, 1.165) is 26.2 Å². The van der Waals surface area contributed by atoms with Crippen molar-refractivity contribution in [1.29, 1.82) is 0 Å². The molecular weight excluding hydrogens is 164 g/mol. The van der Waals surface area contributed by atoms with Crippen LogP contribution in [0.15, 0.2) is 0 Å². The van der Waals surface area contributed by atoms with Gasteiger partial charge in [0, 0.05) is 25.8 Å². The topological polar surface area (TPSA) is 47.3 Å². The molecule has 0 aromatic rings. The minimum atomic E-state index is 0.465. The first-order valence-corrected chi connectivity index (χ1v) is 5.32. The molecule has 1 saturated heterocycles. The van der Waals surface area contributed by atoms with Gasteiger partial charge in [-0.2, -0.15) is 0 Å². The van der Waals surface area contributed by atoms with E-state index in [-0.39, 0.29) is 0 Å². The first-order chi connectivity index (χ1) is 6.36. The Hall–Kier alpha value is -0.120. The van der Waals surface area contributed by atoms with Crippen LogP contribution < -0.4 is 11.1 Å². The highest BCUT2D eigenvalue weighted by Crippen LogP contribution is 2.18. The van der Waals surface area contributed by atoms with Crippen LogP contribution in [0.25, 0.3) is 0 Å². The summed E-state index contributed by atoms with van der Waals surface area (Å²) in [5.41, 5.74) is 5.64. The van der Waals surface area contributed by atoms with Crippen LogP contribution in [0.5, 0.6) is 0 Å². The van der Waals surface area contributed by atoms with Gasteiger partial charge >= 0.3 is 0 Å². The lowest BCUT2D eigenvalue weighted by molar-refractivity contribution is 0.109. The second-order valence-electron chi connectivity index (χ2n) is 3.89. The monoisotopic (exact) mass is 186 g/mol. The lowest BCUT2D eigenvalue weighted by Crippen LogP contribution is -2.35. The molecule has 0 amide bonds. The van der Waals surface area contributed by atoms with Gasteiger partial charge in [-0.3, -0.25) is 0 Å². The number of rotatable bonds is 4. The lowest BCUT2D eigenvalue weighted by atomic mass is 9.96. The van der Waals surface area contributed by atoms with Gasteiger partial charge in [0.05, 0.1) is 0 Å². The molecule has 3 heteroatoms. The van der Waals surface area contributed by atoms with Crippen molar-refractivity contribution in [3.8, 4) is 0 Å². The van der Waals surface area contributed by atoms with Crippen LogP contribution in [0.4, 0.5) is 0 Å². The lowest BCUT2D eigenvalue weighted by Gasteiger charge is -2.20. The number of likely N-dealkylation sites (N-methyl/N-ethyl adjacent to an activating group) is 1. The van der Waals surface area contributed by atoms with Crippen molar-refractivity contribution in [3.05, 3.63) is 0 Å². The van der Waals surface area contributed by atoms with E-state index in [1.165, 1.54) is 19.3 Å². The predicted molar refractivity (Wildman–Crippen MR) is 54.7 cm³/mol. The summed E-state index contributed by atoms with van der Waals surface area (Å²) in [6, 6.07) is 0.465. The second kappa shape index (κ2) is 6.35. The first kappa shape index (κ1) is 11.0. The average molecular weight is 186 g/mol. The molecule has 0 radical (unpaired) electrons. The summed E-state index contributed by atoms with van der Waals surface area (Å²) in [6.07, 6.45) is 5.00. The van der Waals surface area contributed by atoms with Crippen molar-refractivity contribution in [3.63, 3.8) is 0 Å². The molecule has 0 saturated carbocycles. The molecule has 3 nitrogen and oxygen atoms in total. The standard InChI is InChI=1S/C10H22N2O/c1-12-10(7-11)6-9-4-2-3-5-13-8-9/h9-10,12H,2-8,11H2,1H3. The summed E-state index contributed by atoms with van der Waals surface area (Å²) in [5, 5.41) is 3.24. The average Bonchev–Trinajstić information content (AvgIpc) is 2.42. The number of hydrogen-bond acceptors (Lipinski definition) is 3. The third kappa shape index (κ3) is 4.07. The zero-order valence-corrected chi connectivity index (χ0v) is 8.59. The summed E-state index contributed by atoms with van der Waals surface area (Å²) in [6.45, 7) is 2.61. The van der Waals surface area contributed by atoms with Crippen LogP contribution in [0.1, 0.15) is 25.7 Å². The van der Waals surface area contributed by atoms with Gasteiger partial charge in [-0.1, -0.05) is 6.42 Å². The molecule has 2 atom stereocenters. The van der Waals surface area contributed by atoms with Gasteiger partial charge < -0.3 is 15.8 Å². The fourth-order valence-electron chi connectivity index (χ4n) is 1.89. The fourth-order valence-corrected chi connectivity index (χ4v) is 1.89. The Kier molecular flexibility index (Phi) is 5.35. The molecule has 78 valence electrons. The Morgan fingerprint density at radius 2 is 2.38 bits per heavy atom.